The minimum atomic E-state index is -1.05. The van der Waals surface area contributed by atoms with Crippen LogP contribution in [0.15, 0.2) is 18.2 Å². The molecule has 0 aliphatic heterocycles. The minimum Gasteiger partial charge on any atom is -0.478 e. The van der Waals surface area contributed by atoms with Crippen LogP contribution in [0.2, 0.25) is 0 Å². The van der Waals surface area contributed by atoms with E-state index in [0.717, 1.165) is 19.3 Å². The SMILES string of the molecule is CC1CCC(OCc2cc(C(=O)O)ccc2F)CC1C. The Labute approximate surface area is 118 Å². The van der Waals surface area contributed by atoms with E-state index in [1.54, 1.807) is 0 Å². The topological polar surface area (TPSA) is 46.5 Å². The maximum atomic E-state index is 13.7. The van der Waals surface area contributed by atoms with Crippen LogP contribution in [0.4, 0.5) is 4.39 Å². The molecular weight excluding hydrogens is 259 g/mol. The van der Waals surface area contributed by atoms with Crippen LogP contribution in [0.5, 0.6) is 0 Å². The van der Waals surface area contributed by atoms with Crippen LogP contribution in [0.3, 0.4) is 0 Å². The molecule has 1 N–H and O–H groups in total. The van der Waals surface area contributed by atoms with E-state index < -0.39 is 11.8 Å². The molecule has 3 atom stereocenters. The zero-order valence-corrected chi connectivity index (χ0v) is 11.9. The fourth-order valence-corrected chi connectivity index (χ4v) is 2.68. The molecule has 20 heavy (non-hydrogen) atoms. The van der Waals surface area contributed by atoms with Gasteiger partial charge in [-0.25, -0.2) is 9.18 Å². The Kier molecular flexibility index (Phi) is 4.76. The second-order valence-electron chi connectivity index (χ2n) is 5.81. The number of rotatable bonds is 4. The quantitative estimate of drug-likeness (QED) is 0.910. The summed E-state index contributed by atoms with van der Waals surface area (Å²) in [5.41, 5.74) is 0.409. The number of hydrogen-bond acceptors (Lipinski definition) is 2. The summed E-state index contributed by atoms with van der Waals surface area (Å²) in [6.45, 7) is 4.60. The number of carboxylic acids is 1. The van der Waals surface area contributed by atoms with Crippen molar-refractivity contribution in [1.29, 1.82) is 0 Å². The van der Waals surface area contributed by atoms with Crippen molar-refractivity contribution < 1.29 is 19.0 Å². The molecule has 110 valence electrons. The fourth-order valence-electron chi connectivity index (χ4n) is 2.68. The van der Waals surface area contributed by atoms with E-state index >= 15 is 0 Å². The van der Waals surface area contributed by atoms with Gasteiger partial charge in [-0.1, -0.05) is 13.8 Å². The molecular formula is C16H21FO3. The number of carboxylic acid groups (broad SMARTS) is 1. The first-order chi connectivity index (χ1) is 9.47. The van der Waals surface area contributed by atoms with Crippen molar-refractivity contribution in [2.24, 2.45) is 11.8 Å². The Morgan fingerprint density at radius 2 is 2.10 bits per heavy atom. The van der Waals surface area contributed by atoms with Gasteiger partial charge in [-0.3, -0.25) is 0 Å². The lowest BCUT2D eigenvalue weighted by molar-refractivity contribution is -0.00847. The third kappa shape index (κ3) is 3.57. The molecule has 0 aromatic heterocycles. The molecule has 1 aliphatic rings. The third-order valence-corrected chi connectivity index (χ3v) is 4.32. The highest BCUT2D eigenvalue weighted by molar-refractivity contribution is 5.87. The number of halogens is 1. The molecule has 3 unspecified atom stereocenters. The molecule has 0 amide bonds. The first-order valence-electron chi connectivity index (χ1n) is 7.10. The summed E-state index contributed by atoms with van der Waals surface area (Å²) in [6, 6.07) is 3.81. The number of hydrogen-bond donors (Lipinski definition) is 1. The monoisotopic (exact) mass is 280 g/mol. The number of ether oxygens (including phenoxy) is 1. The Hall–Kier alpha value is -1.42. The Balaban J connectivity index is 1.97. The van der Waals surface area contributed by atoms with Crippen LogP contribution < -0.4 is 0 Å². The zero-order valence-electron chi connectivity index (χ0n) is 11.9. The summed E-state index contributed by atoms with van der Waals surface area (Å²) in [5, 5.41) is 8.92. The Morgan fingerprint density at radius 1 is 1.35 bits per heavy atom. The van der Waals surface area contributed by atoms with Crippen molar-refractivity contribution in [3.05, 3.63) is 35.1 Å². The molecule has 4 heteroatoms. The Bertz CT molecular complexity index is 487. The Morgan fingerprint density at radius 3 is 2.75 bits per heavy atom. The minimum absolute atomic E-state index is 0.0932. The van der Waals surface area contributed by atoms with Crippen LogP contribution in [-0.4, -0.2) is 17.2 Å². The first-order valence-corrected chi connectivity index (χ1v) is 7.10. The van der Waals surface area contributed by atoms with E-state index in [0.29, 0.717) is 17.4 Å². The lowest BCUT2D eigenvalue weighted by Gasteiger charge is -2.32. The standard InChI is InChI=1S/C16H21FO3/c1-10-3-5-14(7-11(10)2)20-9-13-8-12(16(18)19)4-6-15(13)17/h4,6,8,10-11,14H,3,5,7,9H2,1-2H3,(H,18,19). The van der Waals surface area contributed by atoms with Gasteiger partial charge in [0, 0.05) is 5.56 Å². The summed E-state index contributed by atoms with van der Waals surface area (Å²) < 4.78 is 19.4. The van der Waals surface area contributed by atoms with Gasteiger partial charge < -0.3 is 9.84 Å². The van der Waals surface area contributed by atoms with Gasteiger partial charge in [-0.05, 0) is 49.3 Å². The highest BCUT2D eigenvalue weighted by Gasteiger charge is 2.25. The number of carbonyl (C=O) groups is 1. The molecule has 2 rings (SSSR count). The largest absolute Gasteiger partial charge is 0.478 e. The maximum absolute atomic E-state index is 13.7. The van der Waals surface area contributed by atoms with Crippen molar-refractivity contribution >= 4 is 5.97 Å². The first kappa shape index (κ1) is 15.0. The summed E-state index contributed by atoms with van der Waals surface area (Å²) in [6.07, 6.45) is 3.26. The molecule has 1 aromatic carbocycles. The molecule has 1 fully saturated rings. The fraction of sp³-hybridized carbons (Fsp3) is 0.562. The van der Waals surface area contributed by atoms with Crippen LogP contribution in [0, 0.1) is 17.7 Å². The lowest BCUT2D eigenvalue weighted by Crippen LogP contribution is -2.26. The summed E-state index contributed by atoms with van der Waals surface area (Å²) >= 11 is 0. The third-order valence-electron chi connectivity index (χ3n) is 4.32. The van der Waals surface area contributed by atoms with E-state index in [2.05, 4.69) is 13.8 Å². The van der Waals surface area contributed by atoms with Crippen molar-refractivity contribution in [3.8, 4) is 0 Å². The second-order valence-corrected chi connectivity index (χ2v) is 5.81. The zero-order chi connectivity index (χ0) is 14.7. The summed E-state index contributed by atoms with van der Waals surface area (Å²) in [5.74, 6) is -0.135. The molecule has 0 bridgehead atoms. The number of benzene rings is 1. The van der Waals surface area contributed by atoms with Gasteiger partial charge >= 0.3 is 5.97 Å². The lowest BCUT2D eigenvalue weighted by atomic mass is 9.80. The van der Waals surface area contributed by atoms with E-state index in [-0.39, 0.29) is 18.3 Å². The smallest absolute Gasteiger partial charge is 0.335 e. The van der Waals surface area contributed by atoms with Crippen molar-refractivity contribution in [2.75, 3.05) is 0 Å². The molecule has 0 saturated heterocycles. The molecule has 1 saturated carbocycles. The average molecular weight is 280 g/mol. The molecule has 1 aromatic rings. The second kappa shape index (κ2) is 6.35. The van der Waals surface area contributed by atoms with Gasteiger partial charge in [-0.15, -0.1) is 0 Å². The van der Waals surface area contributed by atoms with Crippen molar-refractivity contribution in [2.45, 2.75) is 45.8 Å². The normalized spacial score (nSPS) is 26.4. The molecule has 0 radical (unpaired) electrons. The van der Waals surface area contributed by atoms with Crippen LogP contribution in [0.1, 0.15) is 49.0 Å². The van der Waals surface area contributed by atoms with Gasteiger partial charge in [0.15, 0.2) is 0 Å². The van der Waals surface area contributed by atoms with Gasteiger partial charge in [0.1, 0.15) is 5.82 Å². The van der Waals surface area contributed by atoms with Crippen LogP contribution in [-0.2, 0) is 11.3 Å². The predicted molar refractivity (Wildman–Crippen MR) is 74.1 cm³/mol. The molecule has 3 nitrogen and oxygen atoms in total. The molecule has 0 heterocycles. The van der Waals surface area contributed by atoms with Crippen molar-refractivity contribution in [1.82, 2.24) is 0 Å². The van der Waals surface area contributed by atoms with Gasteiger partial charge in [0.25, 0.3) is 0 Å². The van der Waals surface area contributed by atoms with E-state index in [9.17, 15) is 9.18 Å². The van der Waals surface area contributed by atoms with Crippen LogP contribution >= 0.6 is 0 Å². The van der Waals surface area contributed by atoms with Crippen molar-refractivity contribution in [3.63, 3.8) is 0 Å². The highest BCUT2D eigenvalue weighted by Crippen LogP contribution is 2.31. The van der Waals surface area contributed by atoms with E-state index in [1.165, 1.54) is 18.2 Å². The highest BCUT2D eigenvalue weighted by atomic mass is 19.1. The number of aromatic carboxylic acids is 1. The van der Waals surface area contributed by atoms with Gasteiger partial charge in [0.05, 0.1) is 18.3 Å². The van der Waals surface area contributed by atoms with Gasteiger partial charge in [-0.2, -0.15) is 0 Å². The average Bonchev–Trinajstić information content (AvgIpc) is 2.41. The summed E-state index contributed by atoms with van der Waals surface area (Å²) in [4.78, 5) is 10.9. The van der Waals surface area contributed by atoms with E-state index in [1.807, 2.05) is 0 Å². The maximum Gasteiger partial charge on any atom is 0.335 e. The summed E-state index contributed by atoms with van der Waals surface area (Å²) in [7, 11) is 0. The predicted octanol–water partition coefficient (Wildman–Crippen LogP) is 3.87. The molecule has 0 spiro atoms. The molecule has 1 aliphatic carbocycles. The van der Waals surface area contributed by atoms with E-state index in [4.69, 9.17) is 9.84 Å². The van der Waals surface area contributed by atoms with Crippen LogP contribution in [0.25, 0.3) is 0 Å². The van der Waals surface area contributed by atoms with Gasteiger partial charge in [0.2, 0.25) is 0 Å².